The Morgan fingerprint density at radius 2 is 1.96 bits per heavy atom. The zero-order valence-corrected chi connectivity index (χ0v) is 14.2. The zero-order valence-electron chi connectivity index (χ0n) is 12.6. The minimum absolute atomic E-state index is 0.0131. The first-order valence-corrected chi connectivity index (χ1v) is 8.27. The molecular formula is C15H17Cl2N3O3. The Labute approximate surface area is 142 Å². The van der Waals surface area contributed by atoms with E-state index < -0.39 is 0 Å². The maximum absolute atomic E-state index is 12.3. The number of nitrogens with one attached hydrogen (secondary N) is 1. The number of carbonyl (C=O) groups excluding carboxylic acids is 1. The number of likely N-dealkylation sites (tertiary alicyclic amines) is 1. The van der Waals surface area contributed by atoms with Crippen molar-refractivity contribution in [2.24, 2.45) is 0 Å². The normalized spacial score (nSPS) is 16.0. The minimum Gasteiger partial charge on any atom is -0.450 e. The minimum atomic E-state index is -0.299. The van der Waals surface area contributed by atoms with Crippen molar-refractivity contribution in [3.8, 4) is 0 Å². The van der Waals surface area contributed by atoms with E-state index in [2.05, 4.69) is 4.98 Å². The van der Waals surface area contributed by atoms with Crippen LogP contribution in [0, 0.1) is 0 Å². The van der Waals surface area contributed by atoms with Gasteiger partial charge in [0.05, 0.1) is 27.7 Å². The van der Waals surface area contributed by atoms with E-state index in [0.717, 1.165) is 5.52 Å². The third-order valence-electron chi connectivity index (χ3n) is 4.11. The average molecular weight is 358 g/mol. The molecule has 1 aromatic carbocycles. The molecule has 0 spiro atoms. The van der Waals surface area contributed by atoms with Crippen LogP contribution in [0.2, 0.25) is 10.0 Å². The maximum atomic E-state index is 12.3. The molecular weight excluding hydrogens is 341 g/mol. The maximum Gasteiger partial charge on any atom is 0.409 e. The highest BCUT2D eigenvalue weighted by Crippen LogP contribution is 2.30. The van der Waals surface area contributed by atoms with E-state index in [4.69, 9.17) is 27.9 Å². The van der Waals surface area contributed by atoms with Crippen molar-refractivity contribution in [2.45, 2.75) is 25.8 Å². The van der Waals surface area contributed by atoms with E-state index in [0.29, 0.717) is 48.1 Å². The molecule has 6 nitrogen and oxygen atoms in total. The van der Waals surface area contributed by atoms with Crippen LogP contribution >= 0.6 is 23.2 Å². The topological polar surface area (TPSA) is 67.3 Å². The van der Waals surface area contributed by atoms with Crippen molar-refractivity contribution in [3.05, 3.63) is 32.7 Å². The molecule has 1 N–H and O–H groups in total. The number of benzene rings is 1. The summed E-state index contributed by atoms with van der Waals surface area (Å²) in [6.45, 7) is 3.26. The van der Waals surface area contributed by atoms with Crippen LogP contribution in [0.4, 0.5) is 4.79 Å². The van der Waals surface area contributed by atoms with Crippen LogP contribution in [0.15, 0.2) is 16.9 Å². The summed E-state index contributed by atoms with van der Waals surface area (Å²) < 4.78 is 6.72. The summed E-state index contributed by atoms with van der Waals surface area (Å²) in [4.78, 5) is 28.5. The van der Waals surface area contributed by atoms with Crippen LogP contribution < -0.4 is 5.69 Å². The number of fused-ring (bicyclic) bond motifs is 1. The van der Waals surface area contributed by atoms with Crippen LogP contribution in [-0.4, -0.2) is 40.2 Å². The molecule has 1 amide bonds. The molecule has 0 bridgehead atoms. The number of hydrogen-bond donors (Lipinski definition) is 1. The Morgan fingerprint density at radius 3 is 2.61 bits per heavy atom. The number of ether oxygens (including phenoxy) is 1. The number of hydrogen-bond acceptors (Lipinski definition) is 3. The summed E-state index contributed by atoms with van der Waals surface area (Å²) in [6, 6.07) is 3.37. The van der Waals surface area contributed by atoms with Gasteiger partial charge in [0.15, 0.2) is 0 Å². The van der Waals surface area contributed by atoms with Crippen molar-refractivity contribution < 1.29 is 9.53 Å². The lowest BCUT2D eigenvalue weighted by molar-refractivity contribution is 0.0928. The van der Waals surface area contributed by atoms with Crippen molar-refractivity contribution in [1.82, 2.24) is 14.5 Å². The van der Waals surface area contributed by atoms with E-state index in [9.17, 15) is 9.59 Å². The van der Waals surface area contributed by atoms with E-state index in [-0.39, 0.29) is 17.8 Å². The van der Waals surface area contributed by atoms with Crippen LogP contribution in [0.25, 0.3) is 11.0 Å². The van der Waals surface area contributed by atoms with Crippen LogP contribution in [0.5, 0.6) is 0 Å². The molecule has 0 saturated carbocycles. The molecule has 1 fully saturated rings. The quantitative estimate of drug-likeness (QED) is 0.894. The van der Waals surface area contributed by atoms with Gasteiger partial charge < -0.3 is 14.6 Å². The number of halogens is 2. The standard InChI is InChI=1S/C15H17Cl2N3O3/c1-2-23-15(22)19-5-3-9(4-6-19)20-13-8-11(17)10(16)7-12(13)18-14(20)21/h7-9H,2-6H2,1H3,(H,18,21). The Bertz CT molecular complexity index is 791. The zero-order chi connectivity index (χ0) is 16.6. The molecule has 23 heavy (non-hydrogen) atoms. The van der Waals surface area contributed by atoms with Gasteiger partial charge in [0.1, 0.15) is 0 Å². The Balaban J connectivity index is 1.85. The lowest BCUT2D eigenvalue weighted by atomic mass is 10.0. The Morgan fingerprint density at radius 1 is 1.30 bits per heavy atom. The number of H-pyrrole nitrogens is 1. The van der Waals surface area contributed by atoms with E-state index in [1.54, 1.807) is 28.5 Å². The largest absolute Gasteiger partial charge is 0.450 e. The summed E-state index contributed by atoms with van der Waals surface area (Å²) in [5.41, 5.74) is 1.21. The van der Waals surface area contributed by atoms with Gasteiger partial charge >= 0.3 is 11.8 Å². The van der Waals surface area contributed by atoms with Crippen molar-refractivity contribution in [1.29, 1.82) is 0 Å². The Kier molecular flexibility index (Phi) is 4.55. The monoisotopic (exact) mass is 357 g/mol. The van der Waals surface area contributed by atoms with Gasteiger partial charge in [0.25, 0.3) is 0 Å². The van der Waals surface area contributed by atoms with E-state index >= 15 is 0 Å². The number of rotatable bonds is 2. The van der Waals surface area contributed by atoms with Gasteiger partial charge in [-0.3, -0.25) is 4.57 Å². The molecule has 0 aliphatic carbocycles. The molecule has 2 heterocycles. The molecule has 1 saturated heterocycles. The van der Waals surface area contributed by atoms with Gasteiger partial charge in [-0.05, 0) is 31.9 Å². The second-order valence-electron chi connectivity index (χ2n) is 5.50. The number of aromatic nitrogens is 2. The summed E-state index contributed by atoms with van der Waals surface area (Å²) >= 11 is 12.1. The highest BCUT2D eigenvalue weighted by atomic mass is 35.5. The molecule has 1 aliphatic rings. The van der Waals surface area contributed by atoms with Crippen LogP contribution in [0.1, 0.15) is 25.8 Å². The molecule has 0 radical (unpaired) electrons. The van der Waals surface area contributed by atoms with Gasteiger partial charge in [0, 0.05) is 19.1 Å². The fourth-order valence-electron chi connectivity index (χ4n) is 3.00. The number of amides is 1. The molecule has 0 atom stereocenters. The van der Waals surface area contributed by atoms with Crippen LogP contribution in [-0.2, 0) is 4.74 Å². The van der Waals surface area contributed by atoms with Gasteiger partial charge in [-0.25, -0.2) is 9.59 Å². The van der Waals surface area contributed by atoms with Gasteiger partial charge in [0.2, 0.25) is 0 Å². The highest BCUT2D eigenvalue weighted by molar-refractivity contribution is 6.42. The average Bonchev–Trinajstić information content (AvgIpc) is 2.83. The second kappa shape index (κ2) is 6.45. The molecule has 124 valence electrons. The first-order valence-electron chi connectivity index (χ1n) is 7.52. The smallest absolute Gasteiger partial charge is 0.409 e. The molecule has 0 unspecified atom stereocenters. The summed E-state index contributed by atoms with van der Waals surface area (Å²) in [6.07, 6.45) is 1.07. The highest BCUT2D eigenvalue weighted by Gasteiger charge is 2.26. The first kappa shape index (κ1) is 16.2. The summed E-state index contributed by atoms with van der Waals surface area (Å²) in [7, 11) is 0. The number of piperidine rings is 1. The number of carbonyl (C=O) groups is 1. The van der Waals surface area contributed by atoms with Crippen molar-refractivity contribution in [3.63, 3.8) is 0 Å². The van der Waals surface area contributed by atoms with Crippen molar-refractivity contribution in [2.75, 3.05) is 19.7 Å². The third kappa shape index (κ3) is 3.05. The van der Waals surface area contributed by atoms with Gasteiger partial charge in [-0.2, -0.15) is 0 Å². The fraction of sp³-hybridized carbons (Fsp3) is 0.467. The SMILES string of the molecule is CCOC(=O)N1CCC(n2c(=O)[nH]c3cc(Cl)c(Cl)cc32)CC1. The van der Waals surface area contributed by atoms with Gasteiger partial charge in [-0.1, -0.05) is 23.2 Å². The van der Waals surface area contributed by atoms with E-state index in [1.807, 2.05) is 0 Å². The van der Waals surface area contributed by atoms with Gasteiger partial charge in [-0.15, -0.1) is 0 Å². The van der Waals surface area contributed by atoms with Crippen LogP contribution in [0.3, 0.4) is 0 Å². The summed E-state index contributed by atoms with van der Waals surface area (Å²) in [5.74, 6) is 0. The third-order valence-corrected chi connectivity index (χ3v) is 4.84. The number of nitrogens with zero attached hydrogens (tertiary/aromatic N) is 2. The molecule has 2 aromatic rings. The second-order valence-corrected chi connectivity index (χ2v) is 6.32. The number of imidazole rings is 1. The van der Waals surface area contributed by atoms with Crippen molar-refractivity contribution >= 4 is 40.3 Å². The lowest BCUT2D eigenvalue weighted by Crippen LogP contribution is -2.40. The molecule has 1 aliphatic heterocycles. The molecule has 3 rings (SSSR count). The first-order chi connectivity index (χ1) is 11.0. The Hall–Kier alpha value is -1.66. The predicted octanol–water partition coefficient (Wildman–Crippen LogP) is 3.43. The predicted molar refractivity (Wildman–Crippen MR) is 89.4 cm³/mol. The fourth-order valence-corrected chi connectivity index (χ4v) is 3.33. The summed E-state index contributed by atoms with van der Waals surface area (Å²) in [5, 5.41) is 0.820. The lowest BCUT2D eigenvalue weighted by Gasteiger charge is -2.31. The molecule has 1 aromatic heterocycles. The van der Waals surface area contributed by atoms with E-state index in [1.165, 1.54) is 0 Å². The molecule has 8 heteroatoms. The number of aromatic amines is 1.